The Morgan fingerprint density at radius 1 is 1.02 bits per heavy atom. The number of likely N-dealkylation sites (N-methyl/N-ethyl adjacent to an activating group) is 1. The third-order valence-corrected chi connectivity index (χ3v) is 16.0. The molecule has 2 aromatic rings. The molecule has 0 aromatic heterocycles. The maximum absolute atomic E-state index is 14.5. The third kappa shape index (κ3) is 21.1. The Hall–Kier alpha value is -7.06. The van der Waals surface area contributed by atoms with Gasteiger partial charge >= 0.3 is 24.1 Å². The fourth-order valence-electron chi connectivity index (χ4n) is 9.70. The van der Waals surface area contributed by atoms with E-state index in [2.05, 4.69) is 62.9 Å². The van der Waals surface area contributed by atoms with Gasteiger partial charge in [-0.2, -0.15) is 0 Å². The van der Waals surface area contributed by atoms with Gasteiger partial charge in [-0.05, 0) is 108 Å². The van der Waals surface area contributed by atoms with Gasteiger partial charge in [-0.3, -0.25) is 29.3 Å². The SMILES string of the molecule is C=C(CBr)C(=O)OC(C)CCCCC(=O)NCC(=O)NC(CCCNC(N)=O)C(=O)Nc1ccc(C(=O)N(C)[C@@H](C)C(=O)O[C@H]2CC(=O)N(C)c3cc(cc(OC)c3Cl)C/C(C)=C/C=C/[C@@H](OC)[C@@]3(O)CC(OC(=O)N3)[C@@H](C)C3O[C@]32C)cc1.CCC. The summed E-state index contributed by atoms with van der Waals surface area (Å²) in [5.74, 6) is -4.57. The number of rotatable bonds is 23. The van der Waals surface area contributed by atoms with Gasteiger partial charge in [0, 0.05) is 68.7 Å². The van der Waals surface area contributed by atoms with Gasteiger partial charge in [0.1, 0.15) is 46.8 Å². The number of primary amides is 1. The van der Waals surface area contributed by atoms with Crippen molar-refractivity contribution in [3.63, 3.8) is 0 Å². The highest BCUT2D eigenvalue weighted by molar-refractivity contribution is 9.09. The molecule has 2 saturated heterocycles. The lowest BCUT2D eigenvalue weighted by molar-refractivity contribution is -0.158. The lowest BCUT2D eigenvalue weighted by atomic mass is 9.83. The number of alkyl carbamates (subject to hydrolysis) is 1. The molecule has 0 saturated carbocycles. The van der Waals surface area contributed by atoms with Crippen molar-refractivity contribution in [2.24, 2.45) is 11.7 Å². The Balaban J connectivity index is 0.00000528. The first kappa shape index (κ1) is 72.4. The number of amides is 8. The lowest BCUT2D eigenvalue weighted by Crippen LogP contribution is -2.63. The third-order valence-electron chi connectivity index (χ3n) is 14.9. The average molecular weight is 1300 g/mol. The minimum Gasteiger partial charge on any atom is -0.495 e. The van der Waals surface area contributed by atoms with Gasteiger partial charge in [0.05, 0.1) is 38.0 Å². The standard InChI is InChI=1S/C58H78BrClN8O16.C3H8/c1-32-15-13-18-44(80-10)58(78)29-43(82-56(77)66-58)35(4)50-57(6,84-50)45(28-48(71)68(8)41-26-37(25-32)27-42(79-9)49(41)60)83-54(75)36(5)67(7)52(73)38-20-22-39(23-21-38)64-51(72)40(17-14-24-62-55(61)76)65-47(70)31-63-46(69)19-12-11-16-34(3)81-53(74)33(2)30-59;1-3-2/h13,15,18,20-23,26-27,34-36,40,43-45,50,78H,2,11-12,14,16-17,19,24-25,28-31H2,1,3-10H3,(H,63,69)(H,64,72)(H,65,70)(H,66,77)(H3,61,62,76);3H2,1-2H3/b18-13+,32-15+;/t34?,35-,36+,40?,43?,44-,45+,50?,57+,58+;/m1./s1. The Morgan fingerprint density at radius 3 is 2.33 bits per heavy atom. The van der Waals surface area contributed by atoms with Crippen LogP contribution in [-0.4, -0.2) is 164 Å². The summed E-state index contributed by atoms with van der Waals surface area (Å²) < 4.78 is 34.8. The number of anilines is 2. The molecule has 0 aliphatic carbocycles. The fourth-order valence-corrected chi connectivity index (χ4v) is 10.2. The predicted molar refractivity (Wildman–Crippen MR) is 330 cm³/mol. The molecule has 87 heavy (non-hydrogen) atoms. The number of esters is 2. The molecule has 0 spiro atoms. The van der Waals surface area contributed by atoms with E-state index in [0.29, 0.717) is 42.7 Å². The van der Waals surface area contributed by atoms with Gasteiger partial charge < -0.3 is 70.3 Å². The predicted octanol–water partition coefficient (Wildman–Crippen LogP) is 6.68. The number of carbonyl (C=O) groups excluding carboxylic acids is 9. The number of nitrogens with two attached hydrogens (primary N) is 1. The van der Waals surface area contributed by atoms with Crippen molar-refractivity contribution < 1.29 is 76.7 Å². The number of nitrogens with one attached hydrogen (secondary N) is 5. The van der Waals surface area contributed by atoms with E-state index in [1.165, 1.54) is 70.8 Å². The first-order valence-electron chi connectivity index (χ1n) is 28.9. The minimum atomic E-state index is -1.91. The molecule has 3 aliphatic rings. The number of halogens is 2. The molecule has 0 radical (unpaired) electrons. The van der Waals surface area contributed by atoms with E-state index in [9.17, 15) is 48.3 Å². The van der Waals surface area contributed by atoms with Crippen molar-refractivity contribution in [2.45, 2.75) is 167 Å². The van der Waals surface area contributed by atoms with E-state index >= 15 is 0 Å². The van der Waals surface area contributed by atoms with Crippen molar-refractivity contribution >= 4 is 92.5 Å². The average Bonchev–Trinajstić information content (AvgIpc) is 1.61. The molecule has 4 bridgehead atoms. The molecule has 4 unspecified atom stereocenters. The van der Waals surface area contributed by atoms with E-state index < -0.39 is 120 Å². The highest BCUT2D eigenvalue weighted by atomic mass is 79.9. The number of aliphatic hydroxyl groups is 1. The molecule has 5 rings (SSSR count). The van der Waals surface area contributed by atoms with Crippen LogP contribution in [0.4, 0.5) is 21.0 Å². The molecule has 3 heterocycles. The van der Waals surface area contributed by atoms with E-state index in [0.717, 1.165) is 16.0 Å². The van der Waals surface area contributed by atoms with Crippen molar-refractivity contribution in [2.75, 3.05) is 57.0 Å². The van der Waals surface area contributed by atoms with E-state index in [1.807, 2.05) is 13.0 Å². The second-order valence-corrected chi connectivity index (χ2v) is 23.1. The quantitative estimate of drug-likeness (QED) is 0.0152. The zero-order valence-electron chi connectivity index (χ0n) is 51.5. The number of nitrogens with zero attached hydrogens (tertiary/aromatic N) is 2. The maximum atomic E-state index is 14.5. The molecule has 480 valence electrons. The molecule has 8 N–H and O–H groups in total. The van der Waals surface area contributed by atoms with Crippen LogP contribution in [-0.2, 0) is 58.9 Å². The molecule has 2 aromatic carbocycles. The van der Waals surface area contributed by atoms with E-state index in [-0.39, 0.29) is 59.9 Å². The summed E-state index contributed by atoms with van der Waals surface area (Å²) in [6.45, 7) is 16.0. The number of ether oxygens (including phenoxy) is 6. The zero-order valence-corrected chi connectivity index (χ0v) is 53.9. The highest BCUT2D eigenvalue weighted by Gasteiger charge is 2.64. The smallest absolute Gasteiger partial charge is 0.409 e. The molecule has 3 aliphatic heterocycles. The molecule has 10 atom stereocenters. The number of alkyl halides is 1. The van der Waals surface area contributed by atoms with Gasteiger partial charge in [0.25, 0.3) is 5.91 Å². The zero-order chi connectivity index (χ0) is 64.9. The Morgan fingerprint density at radius 2 is 1.70 bits per heavy atom. The van der Waals surface area contributed by atoms with Crippen LogP contribution in [0.1, 0.15) is 122 Å². The maximum Gasteiger partial charge on any atom is 0.409 e. The second-order valence-electron chi connectivity index (χ2n) is 22.1. The number of unbranched alkanes of at least 4 members (excludes halogenated alkanes) is 1. The lowest BCUT2D eigenvalue weighted by Gasteiger charge is -2.42. The summed E-state index contributed by atoms with van der Waals surface area (Å²) in [5, 5.41) is 25.1. The summed E-state index contributed by atoms with van der Waals surface area (Å²) in [6, 6.07) is 6.07. The highest BCUT2D eigenvalue weighted by Crippen LogP contribution is 2.49. The van der Waals surface area contributed by atoms with Gasteiger partial charge in [-0.25, -0.2) is 19.2 Å². The fraction of sp³-hybridized carbons (Fsp3) is 0.557. The first-order chi connectivity index (χ1) is 41.1. The number of hydrogen-bond donors (Lipinski definition) is 7. The number of hydrogen-bond acceptors (Lipinski definition) is 16. The van der Waals surface area contributed by atoms with Crippen LogP contribution >= 0.6 is 27.5 Å². The van der Waals surface area contributed by atoms with Gasteiger partial charge in [-0.1, -0.05) is 85.1 Å². The topological polar surface area (TPSA) is 325 Å². The number of methoxy groups -OCH3 is 2. The van der Waals surface area contributed by atoms with Crippen LogP contribution in [0.3, 0.4) is 0 Å². The van der Waals surface area contributed by atoms with Crippen molar-refractivity contribution in [1.29, 1.82) is 0 Å². The number of fused-ring (bicyclic) bond motifs is 5. The number of epoxide rings is 1. The summed E-state index contributed by atoms with van der Waals surface area (Å²) in [5.41, 5.74) is 4.50. The Labute approximate surface area is 522 Å². The van der Waals surface area contributed by atoms with Crippen LogP contribution < -0.4 is 42.0 Å². The van der Waals surface area contributed by atoms with E-state index in [4.69, 9.17) is 45.8 Å². The number of carbonyl (C=O) groups is 9. The van der Waals surface area contributed by atoms with Gasteiger partial charge in [0.2, 0.25) is 23.6 Å². The van der Waals surface area contributed by atoms with Crippen LogP contribution in [0, 0.1) is 5.92 Å². The van der Waals surface area contributed by atoms with Crippen LogP contribution in [0.5, 0.6) is 5.75 Å². The molecular formula is C61H86BrClN8O16. The molecular weight excluding hydrogens is 1220 g/mol. The summed E-state index contributed by atoms with van der Waals surface area (Å²) in [7, 11) is 5.76. The largest absolute Gasteiger partial charge is 0.495 e. The summed E-state index contributed by atoms with van der Waals surface area (Å²) in [6.07, 6.45) is 2.87. The van der Waals surface area contributed by atoms with Crippen LogP contribution in [0.15, 0.2) is 72.4 Å². The van der Waals surface area contributed by atoms with Crippen molar-refractivity contribution in [3.8, 4) is 5.75 Å². The minimum absolute atomic E-state index is 0.0596. The van der Waals surface area contributed by atoms with Crippen molar-refractivity contribution in [1.82, 2.24) is 26.2 Å². The second kappa shape index (κ2) is 33.9. The first-order valence-corrected chi connectivity index (χ1v) is 30.4. The Bertz CT molecular complexity index is 2860. The molecule has 2 fully saturated rings. The monoisotopic (exact) mass is 1300 g/mol. The normalized spacial score (nSPS) is 23.7. The van der Waals surface area contributed by atoms with Crippen LogP contribution in [0.2, 0.25) is 5.02 Å². The molecule has 8 amide bonds. The van der Waals surface area contributed by atoms with Gasteiger partial charge in [0.15, 0.2) is 5.72 Å². The number of benzene rings is 2. The molecule has 26 heteroatoms. The summed E-state index contributed by atoms with van der Waals surface area (Å²) >= 11 is 10.00. The van der Waals surface area contributed by atoms with E-state index in [1.54, 1.807) is 45.1 Å². The number of urea groups is 1. The Kier molecular flexibility index (Phi) is 28.2. The van der Waals surface area contributed by atoms with Crippen molar-refractivity contribution in [3.05, 3.63) is 88.5 Å². The molecule has 24 nitrogen and oxygen atoms in total. The number of allylic oxidation sites excluding steroid dienone is 3. The van der Waals surface area contributed by atoms with Crippen LogP contribution in [0.25, 0.3) is 0 Å². The summed E-state index contributed by atoms with van der Waals surface area (Å²) in [4.78, 5) is 121. The van der Waals surface area contributed by atoms with Gasteiger partial charge in [-0.15, -0.1) is 0 Å².